The van der Waals surface area contributed by atoms with Crippen molar-refractivity contribution in [3.63, 3.8) is 0 Å². The van der Waals surface area contributed by atoms with Crippen molar-refractivity contribution in [2.75, 3.05) is 0 Å². The molecule has 0 amide bonds. The molecule has 3 aromatic heterocycles. The van der Waals surface area contributed by atoms with Crippen LogP contribution in [0, 0.1) is 0 Å². The number of nitrogens with zero attached hydrogens (tertiary/aromatic N) is 3. The van der Waals surface area contributed by atoms with Gasteiger partial charge in [-0.1, -0.05) is 18.2 Å². The van der Waals surface area contributed by atoms with Crippen LogP contribution in [0.4, 0.5) is 0 Å². The van der Waals surface area contributed by atoms with Gasteiger partial charge in [0.05, 0.1) is 22.8 Å². The standard InChI is InChI=1S/C15H11N3.2ClH.Mn/c1-3-10-16-12(6-1)14-8-5-9-15(18-14)13-7-2-4-11-17-13;;;/h1-11H;2*1H;/q;;;+2/p-2. The molecule has 6 heteroatoms. The summed E-state index contributed by atoms with van der Waals surface area (Å²) in [5.74, 6) is 0. The molecule has 0 unspecified atom stereocenters. The van der Waals surface area contributed by atoms with Gasteiger partial charge in [-0.25, -0.2) is 4.98 Å². The minimum absolute atomic E-state index is 0.00694. The summed E-state index contributed by atoms with van der Waals surface area (Å²) in [6.45, 7) is 0. The number of halogens is 2. The Bertz CT molecular complexity index is 611. The van der Waals surface area contributed by atoms with E-state index in [1.54, 1.807) is 12.4 Å². The van der Waals surface area contributed by atoms with Crippen LogP contribution in [0.2, 0.25) is 0 Å². The zero-order valence-electron chi connectivity index (χ0n) is 10.8. The minimum atomic E-state index is 0.00694. The van der Waals surface area contributed by atoms with Crippen molar-refractivity contribution in [3.05, 3.63) is 67.0 Å². The zero-order valence-corrected chi connectivity index (χ0v) is 13.5. The maximum Gasteiger partial charge on any atom is 0.0894 e. The summed E-state index contributed by atoms with van der Waals surface area (Å²) in [7, 11) is 9.59. The first-order chi connectivity index (χ1) is 10.3. The molecule has 0 N–H and O–H groups in total. The van der Waals surface area contributed by atoms with Crippen LogP contribution in [-0.4, -0.2) is 15.0 Å². The summed E-state index contributed by atoms with van der Waals surface area (Å²) in [5, 5.41) is 0. The van der Waals surface area contributed by atoms with Gasteiger partial charge in [0.1, 0.15) is 0 Å². The number of hydrogen-bond donors (Lipinski definition) is 0. The Morgan fingerprint density at radius 3 is 1.43 bits per heavy atom. The molecule has 0 bridgehead atoms. The molecule has 0 aromatic carbocycles. The van der Waals surface area contributed by atoms with E-state index >= 15 is 0 Å². The Morgan fingerprint density at radius 1 is 0.619 bits per heavy atom. The van der Waals surface area contributed by atoms with Crippen molar-refractivity contribution in [2.24, 2.45) is 0 Å². The van der Waals surface area contributed by atoms with Gasteiger partial charge >= 0.3 is 33.3 Å². The quantitative estimate of drug-likeness (QED) is 0.629. The average Bonchev–Trinajstić information content (AvgIpc) is 2.57. The van der Waals surface area contributed by atoms with Gasteiger partial charge in [0, 0.05) is 12.4 Å². The molecule has 3 rings (SSSR count). The third-order valence-corrected chi connectivity index (χ3v) is 2.60. The second-order valence-corrected chi connectivity index (χ2v) is 5.84. The predicted molar refractivity (Wildman–Crippen MR) is 82.4 cm³/mol. The van der Waals surface area contributed by atoms with Gasteiger partial charge in [0.2, 0.25) is 0 Å². The Morgan fingerprint density at radius 2 is 1.05 bits per heavy atom. The molecule has 0 saturated carbocycles. The van der Waals surface area contributed by atoms with Gasteiger partial charge < -0.3 is 0 Å². The van der Waals surface area contributed by atoms with Crippen LogP contribution in [0.1, 0.15) is 0 Å². The van der Waals surface area contributed by atoms with E-state index in [-0.39, 0.29) is 13.1 Å². The number of aromatic nitrogens is 3. The smallest absolute Gasteiger partial charge is 0.0894 e. The molecule has 0 atom stereocenters. The third-order valence-electron chi connectivity index (χ3n) is 2.60. The molecule has 0 aliphatic carbocycles. The second kappa shape index (κ2) is 8.75. The Labute approximate surface area is 138 Å². The maximum atomic E-state index is 4.80. The van der Waals surface area contributed by atoms with Gasteiger partial charge in [0.25, 0.3) is 0 Å². The fraction of sp³-hybridized carbons (Fsp3) is 0. The number of hydrogen-bond acceptors (Lipinski definition) is 3. The topological polar surface area (TPSA) is 38.7 Å². The van der Waals surface area contributed by atoms with Crippen LogP contribution < -0.4 is 0 Å². The summed E-state index contributed by atoms with van der Waals surface area (Å²) >= 11 is 0.00694. The SMILES string of the molecule is [Cl][Mn][Cl].c1ccc(-c2cccc(-c3ccccn3)n2)nc1. The fourth-order valence-electron chi connectivity index (χ4n) is 1.75. The van der Waals surface area contributed by atoms with E-state index in [0.717, 1.165) is 22.8 Å². The predicted octanol–water partition coefficient (Wildman–Crippen LogP) is 4.58. The zero-order chi connectivity index (χ0) is 14.9. The third kappa shape index (κ3) is 4.80. The Hall–Kier alpha value is -1.45. The first kappa shape index (κ1) is 15.9. The molecule has 0 aliphatic heterocycles. The van der Waals surface area contributed by atoms with E-state index in [2.05, 4.69) is 15.0 Å². The van der Waals surface area contributed by atoms with E-state index in [1.165, 1.54) is 0 Å². The molecule has 0 fully saturated rings. The normalized spacial score (nSPS) is 9.62. The molecule has 3 heterocycles. The molecular formula is C15H11Cl2MnN3. The summed E-state index contributed by atoms with van der Waals surface area (Å²) in [4.78, 5) is 13.2. The minimum Gasteiger partial charge on any atom is -0.255 e. The van der Waals surface area contributed by atoms with Crippen molar-refractivity contribution in [2.45, 2.75) is 0 Å². The van der Waals surface area contributed by atoms with Crippen LogP contribution in [0.15, 0.2) is 67.0 Å². The number of pyridine rings is 3. The maximum absolute atomic E-state index is 4.80. The van der Waals surface area contributed by atoms with Gasteiger partial charge in [-0.3, -0.25) is 9.97 Å². The first-order valence-corrected chi connectivity index (χ1v) is 9.27. The molecule has 0 saturated heterocycles. The van der Waals surface area contributed by atoms with E-state index in [4.69, 9.17) is 20.2 Å². The largest absolute Gasteiger partial charge is 0.255 e. The van der Waals surface area contributed by atoms with E-state index in [1.807, 2.05) is 54.6 Å². The summed E-state index contributed by atoms with van der Waals surface area (Å²) in [5.41, 5.74) is 3.46. The summed E-state index contributed by atoms with van der Waals surface area (Å²) in [6, 6.07) is 17.5. The van der Waals surface area contributed by atoms with Crippen molar-refractivity contribution >= 4 is 20.2 Å². The van der Waals surface area contributed by atoms with Crippen LogP contribution in [-0.2, 0) is 13.1 Å². The molecule has 3 aromatic rings. The van der Waals surface area contributed by atoms with Gasteiger partial charge in [-0.2, -0.15) is 0 Å². The van der Waals surface area contributed by atoms with Gasteiger partial charge in [0.15, 0.2) is 0 Å². The summed E-state index contributed by atoms with van der Waals surface area (Å²) < 4.78 is 0. The Balaban J connectivity index is 0.000000497. The molecule has 21 heavy (non-hydrogen) atoms. The Kier molecular flexibility index (Phi) is 6.64. The summed E-state index contributed by atoms with van der Waals surface area (Å²) in [6.07, 6.45) is 3.54. The van der Waals surface area contributed by atoms with Crippen molar-refractivity contribution in [3.8, 4) is 22.8 Å². The van der Waals surface area contributed by atoms with Crippen LogP contribution in [0.25, 0.3) is 22.8 Å². The molecular weight excluding hydrogens is 348 g/mol. The first-order valence-electron chi connectivity index (χ1n) is 6.02. The van der Waals surface area contributed by atoms with Crippen molar-refractivity contribution in [1.82, 2.24) is 15.0 Å². The van der Waals surface area contributed by atoms with Crippen LogP contribution in [0.3, 0.4) is 0 Å². The van der Waals surface area contributed by atoms with Crippen molar-refractivity contribution < 1.29 is 13.1 Å². The molecule has 0 aliphatic rings. The van der Waals surface area contributed by atoms with Gasteiger partial charge in [-0.15, -0.1) is 0 Å². The molecule has 3 nitrogen and oxygen atoms in total. The molecule has 0 radical (unpaired) electrons. The van der Waals surface area contributed by atoms with E-state index < -0.39 is 0 Å². The molecule has 107 valence electrons. The number of rotatable bonds is 2. The average molecular weight is 359 g/mol. The van der Waals surface area contributed by atoms with Crippen LogP contribution >= 0.6 is 20.2 Å². The van der Waals surface area contributed by atoms with E-state index in [9.17, 15) is 0 Å². The second-order valence-electron chi connectivity index (χ2n) is 3.89. The molecule has 0 spiro atoms. The van der Waals surface area contributed by atoms with Gasteiger partial charge in [-0.05, 0) is 36.4 Å². The van der Waals surface area contributed by atoms with Crippen molar-refractivity contribution in [1.29, 1.82) is 0 Å². The fourth-order valence-corrected chi connectivity index (χ4v) is 1.75. The van der Waals surface area contributed by atoms with E-state index in [0.29, 0.717) is 0 Å². The monoisotopic (exact) mass is 358 g/mol. The van der Waals surface area contributed by atoms with Crippen LogP contribution in [0.5, 0.6) is 0 Å².